The lowest BCUT2D eigenvalue weighted by molar-refractivity contribution is -0.117. The van der Waals surface area contributed by atoms with Gasteiger partial charge >= 0.3 is 0 Å². The molecular formula is C11H12F2N2OS. The zero-order valence-electron chi connectivity index (χ0n) is 9.38. The van der Waals surface area contributed by atoms with Gasteiger partial charge in [0.1, 0.15) is 11.5 Å². The van der Waals surface area contributed by atoms with Gasteiger partial charge in [0.05, 0.1) is 10.9 Å². The van der Waals surface area contributed by atoms with Crippen LogP contribution in [0.2, 0.25) is 0 Å². The van der Waals surface area contributed by atoms with Gasteiger partial charge in [-0.25, -0.2) is 8.78 Å². The Bertz CT molecular complexity index is 477. The van der Waals surface area contributed by atoms with Crippen LogP contribution >= 0.6 is 12.2 Å². The Hall–Kier alpha value is -1.56. The molecule has 6 heteroatoms. The summed E-state index contributed by atoms with van der Waals surface area (Å²) in [5.41, 5.74) is 5.05. The second kappa shape index (κ2) is 5.18. The van der Waals surface area contributed by atoms with Crippen molar-refractivity contribution >= 4 is 28.8 Å². The number of benzene rings is 1. The van der Waals surface area contributed by atoms with Crippen molar-refractivity contribution in [2.24, 2.45) is 11.7 Å². The van der Waals surface area contributed by atoms with E-state index >= 15 is 0 Å². The minimum Gasteiger partial charge on any atom is -0.393 e. The van der Waals surface area contributed by atoms with Crippen molar-refractivity contribution in [3.05, 3.63) is 29.3 Å². The van der Waals surface area contributed by atoms with E-state index < -0.39 is 29.1 Å². The largest absolute Gasteiger partial charge is 0.393 e. The van der Waals surface area contributed by atoms with Crippen LogP contribution in [0.4, 0.5) is 14.5 Å². The molecule has 0 bridgehead atoms. The summed E-state index contributed by atoms with van der Waals surface area (Å²) in [6.45, 7) is 2.94. The third kappa shape index (κ3) is 2.97. The second-order valence-electron chi connectivity index (χ2n) is 3.67. The highest BCUT2D eigenvalue weighted by Crippen LogP contribution is 2.22. The van der Waals surface area contributed by atoms with Gasteiger partial charge in [-0.15, -0.1) is 0 Å². The molecule has 0 heterocycles. The molecule has 0 radical (unpaired) electrons. The van der Waals surface area contributed by atoms with Gasteiger partial charge in [-0.2, -0.15) is 0 Å². The van der Waals surface area contributed by atoms with E-state index in [4.69, 9.17) is 5.73 Å². The lowest BCUT2D eigenvalue weighted by atomic mass is 10.1. The number of aryl methyl sites for hydroxylation is 1. The van der Waals surface area contributed by atoms with Gasteiger partial charge < -0.3 is 11.1 Å². The van der Waals surface area contributed by atoms with Crippen molar-refractivity contribution in [3.8, 4) is 0 Å². The lowest BCUT2D eigenvalue weighted by Crippen LogP contribution is -2.31. The van der Waals surface area contributed by atoms with E-state index in [1.54, 1.807) is 0 Å². The summed E-state index contributed by atoms with van der Waals surface area (Å²) in [4.78, 5) is 11.5. The highest BCUT2D eigenvalue weighted by molar-refractivity contribution is 7.80. The summed E-state index contributed by atoms with van der Waals surface area (Å²) in [5.74, 6) is -3.06. The predicted octanol–water partition coefficient (Wildman–Crippen LogP) is 2.13. The fourth-order valence-electron chi connectivity index (χ4n) is 1.13. The number of carbonyl (C=O) groups excluding carboxylic acids is 1. The summed E-state index contributed by atoms with van der Waals surface area (Å²) in [7, 11) is 0. The average Bonchev–Trinajstić information content (AvgIpc) is 2.28. The average molecular weight is 258 g/mol. The van der Waals surface area contributed by atoms with Gasteiger partial charge in [0.15, 0.2) is 5.82 Å². The van der Waals surface area contributed by atoms with Gasteiger partial charge in [0, 0.05) is 0 Å². The normalized spacial score (nSPS) is 12.0. The molecule has 17 heavy (non-hydrogen) atoms. The molecule has 1 atom stereocenters. The molecule has 0 aromatic heterocycles. The van der Waals surface area contributed by atoms with E-state index in [-0.39, 0.29) is 10.6 Å². The van der Waals surface area contributed by atoms with E-state index in [2.05, 4.69) is 17.5 Å². The molecule has 92 valence electrons. The highest BCUT2D eigenvalue weighted by Gasteiger charge is 2.19. The van der Waals surface area contributed by atoms with Crippen LogP contribution in [0.25, 0.3) is 0 Å². The van der Waals surface area contributed by atoms with Crippen LogP contribution in [0.3, 0.4) is 0 Å². The first-order valence-electron chi connectivity index (χ1n) is 4.89. The fourth-order valence-corrected chi connectivity index (χ4v) is 1.24. The maximum absolute atomic E-state index is 13.6. The number of nitrogens with two attached hydrogens (primary N) is 1. The molecule has 0 aliphatic rings. The summed E-state index contributed by atoms with van der Waals surface area (Å²) < 4.78 is 26.9. The molecule has 1 aromatic rings. The van der Waals surface area contributed by atoms with Crippen LogP contribution in [-0.4, -0.2) is 10.9 Å². The van der Waals surface area contributed by atoms with Crippen LogP contribution in [0.1, 0.15) is 12.5 Å². The Morgan fingerprint density at radius 2 is 2.06 bits per heavy atom. The van der Waals surface area contributed by atoms with Crippen molar-refractivity contribution in [3.63, 3.8) is 0 Å². The van der Waals surface area contributed by atoms with Crippen molar-refractivity contribution in [1.29, 1.82) is 0 Å². The highest BCUT2D eigenvalue weighted by atomic mass is 32.1. The van der Waals surface area contributed by atoms with E-state index in [9.17, 15) is 13.6 Å². The number of rotatable bonds is 3. The molecule has 3 N–H and O–H groups in total. The summed E-state index contributed by atoms with van der Waals surface area (Å²) in [5, 5.41) is 2.14. The number of thiocarbonyl (C=S) groups is 1. The molecule has 1 rings (SSSR count). The van der Waals surface area contributed by atoms with Gasteiger partial charge in [0.25, 0.3) is 0 Å². The molecule has 0 aliphatic heterocycles. The lowest BCUT2D eigenvalue weighted by Gasteiger charge is -2.12. The standard InChI is InChI=1S/C11H12F2N2OS/c1-5-3-4-7(12)9(8(5)13)15-11(16)6(2)10(14)17/h3-4,6H,1-2H3,(H2,14,17)(H,15,16). The summed E-state index contributed by atoms with van der Waals surface area (Å²) >= 11 is 4.63. The van der Waals surface area contributed by atoms with Gasteiger partial charge in [-0.1, -0.05) is 18.3 Å². The second-order valence-corrected chi connectivity index (χ2v) is 4.14. The Morgan fingerprint density at radius 1 is 1.47 bits per heavy atom. The zero-order valence-corrected chi connectivity index (χ0v) is 10.2. The minimum absolute atomic E-state index is 0.0315. The number of nitrogens with one attached hydrogen (secondary N) is 1. The molecule has 0 saturated heterocycles. The van der Waals surface area contributed by atoms with Crippen LogP contribution in [0, 0.1) is 24.5 Å². The maximum atomic E-state index is 13.6. The van der Waals surface area contributed by atoms with Crippen LogP contribution in [0.5, 0.6) is 0 Å². The van der Waals surface area contributed by atoms with Crippen LogP contribution in [0.15, 0.2) is 12.1 Å². The Kier molecular flexibility index (Phi) is 4.11. The van der Waals surface area contributed by atoms with Crippen molar-refractivity contribution < 1.29 is 13.6 Å². The molecule has 0 aliphatic carbocycles. The number of halogens is 2. The summed E-state index contributed by atoms with van der Waals surface area (Å²) in [6.07, 6.45) is 0. The Morgan fingerprint density at radius 3 is 2.59 bits per heavy atom. The van der Waals surface area contributed by atoms with E-state index in [0.29, 0.717) is 0 Å². The van der Waals surface area contributed by atoms with Gasteiger partial charge in [-0.3, -0.25) is 4.79 Å². The minimum atomic E-state index is -0.836. The quantitative estimate of drug-likeness (QED) is 0.817. The monoisotopic (exact) mass is 258 g/mol. The Labute approximate surface area is 103 Å². The number of amides is 1. The number of hydrogen-bond acceptors (Lipinski definition) is 2. The van der Waals surface area contributed by atoms with Crippen LogP contribution < -0.4 is 11.1 Å². The van der Waals surface area contributed by atoms with Crippen molar-refractivity contribution in [2.45, 2.75) is 13.8 Å². The number of anilines is 1. The zero-order chi connectivity index (χ0) is 13.2. The van der Waals surface area contributed by atoms with E-state index in [0.717, 1.165) is 6.07 Å². The summed E-state index contributed by atoms with van der Waals surface area (Å²) in [6, 6.07) is 2.37. The predicted molar refractivity (Wildman–Crippen MR) is 65.7 cm³/mol. The molecule has 3 nitrogen and oxygen atoms in total. The molecule has 0 fully saturated rings. The van der Waals surface area contributed by atoms with Crippen molar-refractivity contribution in [2.75, 3.05) is 5.32 Å². The fraction of sp³-hybridized carbons (Fsp3) is 0.273. The molecule has 0 spiro atoms. The number of carbonyl (C=O) groups is 1. The first-order chi connectivity index (χ1) is 7.84. The topological polar surface area (TPSA) is 55.1 Å². The molecule has 1 aromatic carbocycles. The van der Waals surface area contributed by atoms with Gasteiger partial charge in [0.2, 0.25) is 5.91 Å². The molecule has 1 unspecified atom stereocenters. The first-order valence-corrected chi connectivity index (χ1v) is 5.30. The van der Waals surface area contributed by atoms with Crippen LogP contribution in [-0.2, 0) is 4.79 Å². The molecule has 1 amide bonds. The maximum Gasteiger partial charge on any atom is 0.234 e. The molecule has 0 saturated carbocycles. The third-order valence-corrected chi connectivity index (χ3v) is 2.71. The van der Waals surface area contributed by atoms with Gasteiger partial charge in [-0.05, 0) is 25.5 Å². The van der Waals surface area contributed by atoms with E-state index in [1.165, 1.54) is 19.9 Å². The first kappa shape index (κ1) is 13.5. The Balaban J connectivity index is 3.00. The van der Waals surface area contributed by atoms with E-state index in [1.807, 2.05) is 0 Å². The third-order valence-electron chi connectivity index (χ3n) is 2.35. The SMILES string of the molecule is Cc1ccc(F)c(NC(=O)C(C)C(N)=S)c1F. The molecular weight excluding hydrogens is 246 g/mol. The smallest absolute Gasteiger partial charge is 0.234 e. The number of hydrogen-bond donors (Lipinski definition) is 2. The van der Waals surface area contributed by atoms with Crippen molar-refractivity contribution in [1.82, 2.24) is 0 Å².